The normalized spacial score (nSPS) is 17.5. The summed E-state index contributed by atoms with van der Waals surface area (Å²) in [7, 11) is 0. The van der Waals surface area contributed by atoms with Gasteiger partial charge in [0.1, 0.15) is 0 Å². The van der Waals surface area contributed by atoms with Crippen molar-refractivity contribution in [1.29, 1.82) is 0 Å². The third-order valence-electron chi connectivity index (χ3n) is 2.96. The first-order chi connectivity index (χ1) is 7.11. The Morgan fingerprint density at radius 3 is 2.67 bits per heavy atom. The van der Waals surface area contributed by atoms with Crippen LogP contribution in [0.2, 0.25) is 0 Å². The predicted molar refractivity (Wildman–Crippen MR) is 52.6 cm³/mol. The molecule has 1 aliphatic carbocycles. The summed E-state index contributed by atoms with van der Waals surface area (Å²) in [6.07, 6.45) is 2.04. The van der Waals surface area contributed by atoms with Gasteiger partial charge in [0.05, 0.1) is 5.56 Å². The molecule has 0 aliphatic heterocycles. The molecule has 80 valence electrons. The highest BCUT2D eigenvalue weighted by molar-refractivity contribution is 5.98. The van der Waals surface area contributed by atoms with E-state index in [9.17, 15) is 13.6 Å². The lowest BCUT2D eigenvalue weighted by atomic mass is 9.95. The largest absolute Gasteiger partial charge is 0.294 e. The number of rotatable bonds is 3. The van der Waals surface area contributed by atoms with Crippen LogP contribution in [0.1, 0.15) is 30.1 Å². The van der Waals surface area contributed by atoms with Gasteiger partial charge in [0.25, 0.3) is 0 Å². The van der Waals surface area contributed by atoms with Gasteiger partial charge in [-0.2, -0.15) is 0 Å². The summed E-state index contributed by atoms with van der Waals surface area (Å²) >= 11 is 0. The summed E-state index contributed by atoms with van der Waals surface area (Å²) in [5, 5.41) is 0. The molecule has 0 heterocycles. The van der Waals surface area contributed by atoms with Crippen LogP contribution >= 0.6 is 0 Å². The number of Topliss-reactive ketones (excluding diaryl/α,β-unsaturated/α-hetero) is 1. The Kier molecular flexibility index (Phi) is 2.55. The zero-order valence-electron chi connectivity index (χ0n) is 8.47. The van der Waals surface area contributed by atoms with Gasteiger partial charge in [0.2, 0.25) is 0 Å². The van der Waals surface area contributed by atoms with E-state index >= 15 is 0 Å². The third-order valence-corrected chi connectivity index (χ3v) is 2.96. The molecule has 3 heteroatoms. The molecule has 0 N–H and O–H groups in total. The number of hydrogen-bond donors (Lipinski definition) is 0. The predicted octanol–water partition coefficient (Wildman–Crippen LogP) is 3.19. The van der Waals surface area contributed by atoms with Crippen LogP contribution < -0.4 is 0 Å². The molecule has 1 aromatic carbocycles. The molecule has 0 bridgehead atoms. The molecule has 1 nitrogen and oxygen atoms in total. The number of carbonyl (C=O) groups is 1. The van der Waals surface area contributed by atoms with E-state index in [1.54, 1.807) is 6.92 Å². The summed E-state index contributed by atoms with van der Waals surface area (Å²) in [6, 6.07) is 3.73. The molecule has 0 radical (unpaired) electrons. The summed E-state index contributed by atoms with van der Waals surface area (Å²) in [5.74, 6) is -2.09. The fraction of sp³-hybridized carbons (Fsp3) is 0.417. The average molecular weight is 210 g/mol. The molecule has 0 aromatic heterocycles. The highest BCUT2D eigenvalue weighted by Gasteiger charge is 2.34. The molecule has 2 rings (SSSR count). The van der Waals surface area contributed by atoms with Crippen molar-refractivity contribution < 1.29 is 13.6 Å². The molecule has 0 saturated heterocycles. The Morgan fingerprint density at radius 2 is 2.07 bits per heavy atom. The fourth-order valence-electron chi connectivity index (χ4n) is 1.75. The molecule has 1 saturated carbocycles. The Morgan fingerprint density at radius 1 is 1.40 bits per heavy atom. The number of benzene rings is 1. The van der Waals surface area contributed by atoms with Crippen molar-refractivity contribution in [2.24, 2.45) is 11.8 Å². The summed E-state index contributed by atoms with van der Waals surface area (Å²) < 4.78 is 26.2. The quantitative estimate of drug-likeness (QED) is 0.700. The van der Waals surface area contributed by atoms with Crippen molar-refractivity contribution in [3.05, 3.63) is 35.4 Å². The lowest BCUT2D eigenvalue weighted by Crippen LogP contribution is -2.15. The molecule has 1 unspecified atom stereocenters. The van der Waals surface area contributed by atoms with Crippen molar-refractivity contribution in [3.63, 3.8) is 0 Å². The lowest BCUT2D eigenvalue weighted by molar-refractivity contribution is 0.0911. The Bertz CT molecular complexity index is 397. The van der Waals surface area contributed by atoms with E-state index in [0.717, 1.165) is 18.9 Å². The van der Waals surface area contributed by atoms with E-state index in [1.165, 1.54) is 12.1 Å². The van der Waals surface area contributed by atoms with Gasteiger partial charge >= 0.3 is 0 Å². The van der Waals surface area contributed by atoms with Gasteiger partial charge in [-0.05, 0) is 30.9 Å². The molecule has 1 aliphatic rings. The van der Waals surface area contributed by atoms with Crippen LogP contribution in [0.3, 0.4) is 0 Å². The SMILES string of the molecule is CC(C(=O)c1cccc(F)c1F)C1CC1. The zero-order valence-corrected chi connectivity index (χ0v) is 8.47. The van der Waals surface area contributed by atoms with E-state index in [-0.39, 0.29) is 17.3 Å². The fourth-order valence-corrected chi connectivity index (χ4v) is 1.75. The molecule has 0 spiro atoms. The van der Waals surface area contributed by atoms with Crippen LogP contribution in [0, 0.1) is 23.5 Å². The number of carbonyl (C=O) groups excluding carboxylic acids is 1. The molecular formula is C12H12F2O. The van der Waals surface area contributed by atoms with Crippen molar-refractivity contribution in [2.45, 2.75) is 19.8 Å². The van der Waals surface area contributed by atoms with E-state index in [4.69, 9.17) is 0 Å². The zero-order chi connectivity index (χ0) is 11.0. The van der Waals surface area contributed by atoms with Gasteiger partial charge in [0, 0.05) is 5.92 Å². The first-order valence-electron chi connectivity index (χ1n) is 5.09. The van der Waals surface area contributed by atoms with Crippen LogP contribution in [-0.2, 0) is 0 Å². The minimum Gasteiger partial charge on any atom is -0.294 e. The third kappa shape index (κ3) is 1.91. The van der Waals surface area contributed by atoms with Gasteiger partial charge in [-0.15, -0.1) is 0 Å². The van der Waals surface area contributed by atoms with Crippen molar-refractivity contribution in [3.8, 4) is 0 Å². The second kappa shape index (κ2) is 3.72. The van der Waals surface area contributed by atoms with E-state index in [1.807, 2.05) is 0 Å². The highest BCUT2D eigenvalue weighted by Crippen LogP contribution is 2.38. The van der Waals surface area contributed by atoms with Crippen LogP contribution in [0.5, 0.6) is 0 Å². The molecule has 15 heavy (non-hydrogen) atoms. The molecular weight excluding hydrogens is 198 g/mol. The summed E-state index contributed by atoms with van der Waals surface area (Å²) in [4.78, 5) is 11.8. The Balaban J connectivity index is 2.28. The second-order valence-electron chi connectivity index (χ2n) is 4.09. The Hall–Kier alpha value is -1.25. The second-order valence-corrected chi connectivity index (χ2v) is 4.09. The van der Waals surface area contributed by atoms with Crippen LogP contribution in [0.4, 0.5) is 8.78 Å². The summed E-state index contributed by atoms with van der Waals surface area (Å²) in [5.41, 5.74) is -0.116. The Labute approximate surface area is 87.1 Å². The van der Waals surface area contributed by atoms with E-state index < -0.39 is 11.6 Å². The molecule has 1 atom stereocenters. The highest BCUT2D eigenvalue weighted by atomic mass is 19.2. The van der Waals surface area contributed by atoms with Gasteiger partial charge < -0.3 is 0 Å². The number of halogens is 2. The van der Waals surface area contributed by atoms with Crippen molar-refractivity contribution in [2.75, 3.05) is 0 Å². The number of ketones is 1. The van der Waals surface area contributed by atoms with Gasteiger partial charge in [-0.25, -0.2) is 8.78 Å². The smallest absolute Gasteiger partial charge is 0.169 e. The van der Waals surface area contributed by atoms with Crippen LogP contribution in [0.15, 0.2) is 18.2 Å². The summed E-state index contributed by atoms with van der Waals surface area (Å²) in [6.45, 7) is 1.78. The minimum atomic E-state index is -1.02. The maximum absolute atomic E-state index is 13.3. The van der Waals surface area contributed by atoms with E-state index in [2.05, 4.69) is 0 Å². The first-order valence-corrected chi connectivity index (χ1v) is 5.09. The molecule has 0 amide bonds. The van der Waals surface area contributed by atoms with E-state index in [0.29, 0.717) is 5.92 Å². The minimum absolute atomic E-state index is 0.116. The van der Waals surface area contributed by atoms with Gasteiger partial charge in [0.15, 0.2) is 17.4 Å². The molecule has 1 fully saturated rings. The number of hydrogen-bond acceptors (Lipinski definition) is 1. The lowest BCUT2D eigenvalue weighted by Gasteiger charge is -2.09. The maximum atomic E-state index is 13.3. The van der Waals surface area contributed by atoms with Gasteiger partial charge in [-0.1, -0.05) is 13.0 Å². The monoisotopic (exact) mass is 210 g/mol. The van der Waals surface area contributed by atoms with Crippen LogP contribution in [0.25, 0.3) is 0 Å². The van der Waals surface area contributed by atoms with Crippen molar-refractivity contribution >= 4 is 5.78 Å². The van der Waals surface area contributed by atoms with Crippen molar-refractivity contribution in [1.82, 2.24) is 0 Å². The average Bonchev–Trinajstić information content (AvgIpc) is 3.03. The first kappa shape index (κ1) is 10.3. The molecule has 1 aromatic rings. The standard InChI is InChI=1S/C12H12F2O/c1-7(8-5-6-8)12(15)9-3-2-4-10(13)11(9)14/h2-4,7-8H,5-6H2,1H3. The topological polar surface area (TPSA) is 17.1 Å². The van der Waals surface area contributed by atoms with Crippen LogP contribution in [-0.4, -0.2) is 5.78 Å². The maximum Gasteiger partial charge on any atom is 0.169 e. The van der Waals surface area contributed by atoms with Gasteiger partial charge in [-0.3, -0.25) is 4.79 Å².